The van der Waals surface area contributed by atoms with Crippen LogP contribution in [-0.4, -0.2) is 39.3 Å². The van der Waals surface area contributed by atoms with Crippen LogP contribution in [0.15, 0.2) is 60.9 Å². The molecule has 1 aromatic heterocycles. The van der Waals surface area contributed by atoms with Gasteiger partial charge in [0.2, 0.25) is 11.9 Å². The van der Waals surface area contributed by atoms with E-state index in [-0.39, 0.29) is 11.8 Å². The van der Waals surface area contributed by atoms with Crippen molar-refractivity contribution in [1.29, 1.82) is 0 Å². The van der Waals surface area contributed by atoms with Gasteiger partial charge in [0, 0.05) is 36.2 Å². The molecule has 0 bridgehead atoms. The number of benzene rings is 2. The molecular formula is C30H32N6O2. The third-order valence-electron chi connectivity index (χ3n) is 7.73. The van der Waals surface area contributed by atoms with Crippen LogP contribution in [0, 0.1) is 0 Å². The molecule has 6 rings (SSSR count). The Hall–Kier alpha value is -4.20. The van der Waals surface area contributed by atoms with Crippen molar-refractivity contribution < 1.29 is 9.59 Å². The Bertz CT molecular complexity index is 1420. The van der Waals surface area contributed by atoms with Crippen LogP contribution >= 0.6 is 0 Å². The molecule has 3 aliphatic rings. The van der Waals surface area contributed by atoms with E-state index in [9.17, 15) is 9.59 Å². The van der Waals surface area contributed by atoms with Crippen molar-refractivity contribution in [2.24, 2.45) is 0 Å². The number of rotatable bonds is 8. The minimum atomic E-state index is -0.438. The lowest BCUT2D eigenvalue weighted by Gasteiger charge is -2.31. The molecule has 0 spiro atoms. The summed E-state index contributed by atoms with van der Waals surface area (Å²) in [6.07, 6.45) is 8.31. The number of amides is 2. The third-order valence-corrected chi connectivity index (χ3v) is 7.73. The van der Waals surface area contributed by atoms with Crippen LogP contribution in [0.4, 0.5) is 17.5 Å². The summed E-state index contributed by atoms with van der Waals surface area (Å²) in [5.74, 6) is 1.15. The molecule has 3 N–H and O–H groups in total. The normalized spacial score (nSPS) is 18.3. The van der Waals surface area contributed by atoms with Gasteiger partial charge >= 0.3 is 0 Å². The predicted octanol–water partition coefficient (Wildman–Crippen LogP) is 4.50. The van der Waals surface area contributed by atoms with Gasteiger partial charge in [-0.2, -0.15) is 4.98 Å². The van der Waals surface area contributed by atoms with E-state index in [0.29, 0.717) is 30.9 Å². The molecule has 0 radical (unpaired) electrons. The molecule has 38 heavy (non-hydrogen) atoms. The number of nitrogens with one attached hydrogen (secondary N) is 3. The van der Waals surface area contributed by atoms with Crippen molar-refractivity contribution in [1.82, 2.24) is 20.2 Å². The maximum atomic E-state index is 13.1. The van der Waals surface area contributed by atoms with Crippen LogP contribution < -0.4 is 16.0 Å². The van der Waals surface area contributed by atoms with Gasteiger partial charge in [0.1, 0.15) is 11.9 Å². The lowest BCUT2D eigenvalue weighted by Crippen LogP contribution is -2.49. The largest absolute Gasteiger partial charge is 0.370 e. The number of piperidine rings is 1. The molecule has 2 aliphatic heterocycles. The Morgan fingerprint density at radius 1 is 1.08 bits per heavy atom. The van der Waals surface area contributed by atoms with Crippen molar-refractivity contribution in [2.75, 3.05) is 17.2 Å². The number of aryl methyl sites for hydroxylation is 3. The monoisotopic (exact) mass is 508 g/mol. The molecule has 1 fully saturated rings. The summed E-state index contributed by atoms with van der Waals surface area (Å²) in [5.41, 5.74) is 7.50. The smallest absolute Gasteiger partial charge is 0.255 e. The Kier molecular flexibility index (Phi) is 6.54. The van der Waals surface area contributed by atoms with Crippen molar-refractivity contribution in [3.05, 3.63) is 88.8 Å². The number of hydrogen-bond donors (Lipinski definition) is 3. The van der Waals surface area contributed by atoms with Gasteiger partial charge in [-0.1, -0.05) is 24.8 Å². The number of hydrogen-bond acceptors (Lipinski definition) is 6. The lowest BCUT2D eigenvalue weighted by atomic mass is 9.99. The Balaban J connectivity index is 1.05. The van der Waals surface area contributed by atoms with Crippen LogP contribution in [0.5, 0.6) is 0 Å². The fourth-order valence-electron chi connectivity index (χ4n) is 5.76. The van der Waals surface area contributed by atoms with Crippen LogP contribution in [0.25, 0.3) is 0 Å². The molecular weight excluding hydrogens is 476 g/mol. The van der Waals surface area contributed by atoms with Crippen LogP contribution in [-0.2, 0) is 30.6 Å². The van der Waals surface area contributed by atoms with Crippen molar-refractivity contribution in [3.8, 4) is 0 Å². The van der Waals surface area contributed by atoms with Gasteiger partial charge in [-0.25, -0.2) is 4.98 Å². The summed E-state index contributed by atoms with van der Waals surface area (Å²) in [5, 5.41) is 9.53. The summed E-state index contributed by atoms with van der Waals surface area (Å²) in [4.78, 5) is 36.3. The fraction of sp³-hybridized carbons (Fsp3) is 0.333. The molecule has 3 aromatic rings. The van der Waals surface area contributed by atoms with Gasteiger partial charge in [0.05, 0.1) is 0 Å². The van der Waals surface area contributed by atoms with Gasteiger partial charge in [-0.05, 0) is 91.5 Å². The fourth-order valence-corrected chi connectivity index (χ4v) is 5.76. The number of anilines is 3. The molecule has 8 heteroatoms. The van der Waals surface area contributed by atoms with Gasteiger partial charge in [-0.3, -0.25) is 9.59 Å². The highest BCUT2D eigenvalue weighted by atomic mass is 16.2. The van der Waals surface area contributed by atoms with E-state index in [0.717, 1.165) is 54.1 Å². The van der Waals surface area contributed by atoms with E-state index in [4.69, 9.17) is 0 Å². The van der Waals surface area contributed by atoms with Gasteiger partial charge in [0.25, 0.3) is 5.91 Å². The zero-order chi connectivity index (χ0) is 26.1. The van der Waals surface area contributed by atoms with E-state index >= 15 is 0 Å². The number of aromatic nitrogens is 2. The molecule has 8 nitrogen and oxygen atoms in total. The van der Waals surface area contributed by atoms with Gasteiger partial charge in [-0.15, -0.1) is 0 Å². The minimum Gasteiger partial charge on any atom is -0.370 e. The number of carbonyl (C=O) groups excluding carboxylic acids is 2. The van der Waals surface area contributed by atoms with Gasteiger partial charge < -0.3 is 20.9 Å². The molecule has 3 heterocycles. The Morgan fingerprint density at radius 2 is 1.97 bits per heavy atom. The van der Waals surface area contributed by atoms with Gasteiger partial charge in [0.15, 0.2) is 0 Å². The first-order valence-corrected chi connectivity index (χ1v) is 13.4. The number of nitrogens with zero attached hydrogens (tertiary/aromatic N) is 3. The van der Waals surface area contributed by atoms with Crippen LogP contribution in [0.3, 0.4) is 0 Å². The number of allylic oxidation sites excluding steroid dienone is 1. The summed E-state index contributed by atoms with van der Waals surface area (Å²) >= 11 is 0. The standard InChI is InChI=1S/C30H32N6O2/c1-19-10-13-26(28(37)33-19)36-18-25-21(6-3-9-24(25)29(36)38)8-4-15-31-27-14-16-32-30(35-27)34-23-12-11-20-5-2-7-22(20)17-23/h3,6,9,11-12,14,16-17,26H,1-2,4-5,7-8,10,13,15,18H2,(H,33,37)(H2,31,32,34,35). The maximum Gasteiger partial charge on any atom is 0.255 e. The second-order valence-electron chi connectivity index (χ2n) is 10.3. The average molecular weight is 509 g/mol. The highest BCUT2D eigenvalue weighted by Gasteiger charge is 2.38. The zero-order valence-corrected chi connectivity index (χ0v) is 21.4. The zero-order valence-electron chi connectivity index (χ0n) is 21.4. The SMILES string of the molecule is C=C1CCC(N2Cc3c(CCCNc4ccnc(Nc5ccc6c(c5)CCC6)n4)cccc3C2=O)C(=O)N1. The number of fused-ring (bicyclic) bond motifs is 2. The third kappa shape index (κ3) is 4.86. The first-order valence-electron chi connectivity index (χ1n) is 13.4. The highest BCUT2D eigenvalue weighted by Crippen LogP contribution is 2.31. The summed E-state index contributed by atoms with van der Waals surface area (Å²) in [6, 6.07) is 13.8. The first kappa shape index (κ1) is 24.2. The van der Waals surface area contributed by atoms with Crippen LogP contribution in [0.1, 0.15) is 58.3 Å². The lowest BCUT2D eigenvalue weighted by molar-refractivity contribution is -0.126. The summed E-state index contributed by atoms with van der Waals surface area (Å²) in [6.45, 7) is 5.06. The van der Waals surface area contributed by atoms with E-state index in [1.165, 1.54) is 24.0 Å². The molecule has 1 saturated heterocycles. The summed E-state index contributed by atoms with van der Waals surface area (Å²) in [7, 11) is 0. The molecule has 1 aliphatic carbocycles. The Morgan fingerprint density at radius 3 is 2.87 bits per heavy atom. The molecule has 1 atom stereocenters. The maximum absolute atomic E-state index is 13.1. The highest BCUT2D eigenvalue weighted by molar-refractivity contribution is 6.01. The molecule has 0 saturated carbocycles. The topological polar surface area (TPSA) is 99.2 Å². The summed E-state index contributed by atoms with van der Waals surface area (Å²) < 4.78 is 0. The van der Waals surface area contributed by atoms with E-state index < -0.39 is 6.04 Å². The quantitative estimate of drug-likeness (QED) is 0.388. The van der Waals surface area contributed by atoms with Crippen LogP contribution in [0.2, 0.25) is 0 Å². The average Bonchev–Trinajstić information content (AvgIpc) is 3.51. The predicted molar refractivity (Wildman–Crippen MR) is 147 cm³/mol. The van der Waals surface area contributed by atoms with E-state index in [1.807, 2.05) is 18.2 Å². The number of carbonyl (C=O) groups is 2. The first-order chi connectivity index (χ1) is 18.5. The van der Waals surface area contributed by atoms with Crippen molar-refractivity contribution in [2.45, 2.75) is 57.5 Å². The molecule has 1 unspecified atom stereocenters. The molecule has 2 amide bonds. The van der Waals surface area contributed by atoms with E-state index in [2.05, 4.69) is 56.8 Å². The second kappa shape index (κ2) is 10.3. The second-order valence-corrected chi connectivity index (χ2v) is 10.3. The minimum absolute atomic E-state index is 0.0583. The van der Waals surface area contributed by atoms with E-state index in [1.54, 1.807) is 11.1 Å². The Labute approximate surface area is 222 Å². The van der Waals surface area contributed by atoms with Crippen molar-refractivity contribution in [3.63, 3.8) is 0 Å². The molecule has 2 aromatic carbocycles. The van der Waals surface area contributed by atoms with Crippen molar-refractivity contribution >= 4 is 29.3 Å². The molecule has 194 valence electrons.